The second-order valence-electron chi connectivity index (χ2n) is 5.67. The van der Waals surface area contributed by atoms with Crippen LogP contribution in [0.15, 0.2) is 42.5 Å². The van der Waals surface area contributed by atoms with E-state index in [4.69, 9.17) is 9.84 Å². The molecule has 1 aliphatic rings. The fraction of sp³-hybridized carbons (Fsp3) is 0.167. The lowest BCUT2D eigenvalue weighted by molar-refractivity contribution is -0.123. The van der Waals surface area contributed by atoms with Gasteiger partial charge in [0.15, 0.2) is 6.61 Å². The third-order valence-corrected chi connectivity index (χ3v) is 3.75. The highest BCUT2D eigenvalue weighted by Gasteiger charge is 2.27. The number of anilines is 2. The van der Waals surface area contributed by atoms with E-state index in [1.807, 2.05) is 19.1 Å². The van der Waals surface area contributed by atoms with Crippen LogP contribution < -0.4 is 15.0 Å². The molecule has 0 fully saturated rings. The maximum Gasteiger partial charge on any atom is 0.335 e. The molecule has 0 saturated heterocycles. The van der Waals surface area contributed by atoms with Crippen LogP contribution in [0.4, 0.5) is 11.4 Å². The molecule has 0 aromatic heterocycles. The zero-order valence-electron chi connectivity index (χ0n) is 13.5. The Hall–Kier alpha value is -3.35. The minimum atomic E-state index is -1.08. The molecule has 2 aromatic carbocycles. The molecule has 7 nitrogen and oxygen atoms in total. The molecule has 128 valence electrons. The molecule has 7 heteroatoms. The normalized spacial score (nSPS) is 13.0. The zero-order valence-corrected chi connectivity index (χ0v) is 13.5. The molecule has 2 N–H and O–H groups in total. The van der Waals surface area contributed by atoms with E-state index in [0.717, 1.165) is 5.56 Å². The minimum absolute atomic E-state index is 0.0704. The summed E-state index contributed by atoms with van der Waals surface area (Å²) in [6.07, 6.45) is 0. The van der Waals surface area contributed by atoms with Gasteiger partial charge in [-0.1, -0.05) is 12.1 Å². The molecule has 0 saturated carbocycles. The van der Waals surface area contributed by atoms with E-state index in [-0.39, 0.29) is 24.6 Å². The molecule has 0 spiro atoms. The third-order valence-electron chi connectivity index (χ3n) is 3.75. The van der Waals surface area contributed by atoms with Gasteiger partial charge in [0.1, 0.15) is 12.3 Å². The molecule has 1 heterocycles. The first-order valence-electron chi connectivity index (χ1n) is 7.61. The minimum Gasteiger partial charge on any atom is -0.482 e. The van der Waals surface area contributed by atoms with E-state index in [0.29, 0.717) is 17.1 Å². The number of carbonyl (C=O) groups excluding carboxylic acids is 2. The van der Waals surface area contributed by atoms with Crippen LogP contribution >= 0.6 is 0 Å². The van der Waals surface area contributed by atoms with Crippen molar-refractivity contribution in [3.8, 4) is 5.75 Å². The van der Waals surface area contributed by atoms with Crippen molar-refractivity contribution in [3.63, 3.8) is 0 Å². The summed E-state index contributed by atoms with van der Waals surface area (Å²) in [5.74, 6) is -1.26. The number of carbonyl (C=O) groups is 3. The summed E-state index contributed by atoms with van der Waals surface area (Å²) < 4.78 is 5.40. The van der Waals surface area contributed by atoms with Gasteiger partial charge in [-0.05, 0) is 42.8 Å². The number of hydrogen-bond acceptors (Lipinski definition) is 4. The highest BCUT2D eigenvalue weighted by molar-refractivity contribution is 6.05. The number of aryl methyl sites for hydroxylation is 1. The van der Waals surface area contributed by atoms with E-state index >= 15 is 0 Å². The number of benzene rings is 2. The summed E-state index contributed by atoms with van der Waals surface area (Å²) in [6.45, 7) is 1.60. The van der Waals surface area contributed by atoms with Crippen molar-refractivity contribution < 1.29 is 24.2 Å². The molecule has 2 aromatic rings. The Morgan fingerprint density at radius 1 is 1.24 bits per heavy atom. The molecule has 0 aliphatic carbocycles. The lowest BCUT2D eigenvalue weighted by atomic mass is 10.1. The number of ether oxygens (including phenoxy) is 1. The number of carboxylic acid groups (broad SMARTS) is 1. The maximum atomic E-state index is 12.3. The summed E-state index contributed by atoms with van der Waals surface area (Å²) in [5.41, 5.74) is 1.95. The van der Waals surface area contributed by atoms with Gasteiger partial charge >= 0.3 is 5.97 Å². The van der Waals surface area contributed by atoms with E-state index in [9.17, 15) is 14.4 Å². The molecule has 2 amide bonds. The van der Waals surface area contributed by atoms with Crippen LogP contribution in [0.25, 0.3) is 0 Å². The quantitative estimate of drug-likeness (QED) is 0.888. The van der Waals surface area contributed by atoms with Gasteiger partial charge in [-0.15, -0.1) is 0 Å². The average molecular weight is 340 g/mol. The van der Waals surface area contributed by atoms with Crippen LogP contribution in [-0.4, -0.2) is 36.0 Å². The summed E-state index contributed by atoms with van der Waals surface area (Å²) >= 11 is 0. The van der Waals surface area contributed by atoms with Crippen molar-refractivity contribution in [2.45, 2.75) is 6.92 Å². The predicted octanol–water partition coefficient (Wildman–Crippen LogP) is 2.06. The number of fused-ring (bicyclic) bond motifs is 1. The van der Waals surface area contributed by atoms with E-state index in [2.05, 4.69) is 5.32 Å². The Labute approximate surface area is 143 Å². The SMILES string of the molecule is Cc1ccc2c(c1)OCC(=O)N2CC(=O)Nc1cccc(C(=O)O)c1. The highest BCUT2D eigenvalue weighted by Crippen LogP contribution is 2.32. The molecule has 1 aliphatic heterocycles. The largest absolute Gasteiger partial charge is 0.482 e. The monoisotopic (exact) mass is 340 g/mol. The number of hydrogen-bond donors (Lipinski definition) is 2. The van der Waals surface area contributed by atoms with Crippen molar-refractivity contribution in [1.29, 1.82) is 0 Å². The number of rotatable bonds is 4. The smallest absolute Gasteiger partial charge is 0.335 e. The molecular formula is C18H16N2O5. The standard InChI is InChI=1S/C18H16N2O5/c1-11-5-6-14-15(7-11)25-10-17(22)20(14)9-16(21)19-13-4-2-3-12(8-13)18(23)24/h2-8H,9-10H2,1H3,(H,19,21)(H,23,24). The Balaban J connectivity index is 1.76. The summed E-state index contributed by atoms with van der Waals surface area (Å²) in [5, 5.41) is 11.6. The highest BCUT2D eigenvalue weighted by atomic mass is 16.5. The molecule has 0 unspecified atom stereocenters. The van der Waals surface area contributed by atoms with Crippen LogP contribution in [0.5, 0.6) is 5.75 Å². The lowest BCUT2D eigenvalue weighted by Gasteiger charge is -2.29. The van der Waals surface area contributed by atoms with E-state index < -0.39 is 11.9 Å². The zero-order chi connectivity index (χ0) is 18.0. The number of nitrogens with zero attached hydrogens (tertiary/aromatic N) is 1. The summed E-state index contributed by atoms with van der Waals surface area (Å²) in [6, 6.07) is 11.3. The fourth-order valence-corrected chi connectivity index (χ4v) is 2.56. The summed E-state index contributed by atoms with van der Waals surface area (Å²) in [7, 11) is 0. The molecule has 25 heavy (non-hydrogen) atoms. The predicted molar refractivity (Wildman–Crippen MR) is 91.1 cm³/mol. The van der Waals surface area contributed by atoms with Crippen LogP contribution in [0, 0.1) is 6.92 Å². The van der Waals surface area contributed by atoms with E-state index in [1.165, 1.54) is 23.1 Å². The van der Waals surface area contributed by atoms with Gasteiger partial charge in [-0.2, -0.15) is 0 Å². The summed E-state index contributed by atoms with van der Waals surface area (Å²) in [4.78, 5) is 36.7. The number of nitrogens with one attached hydrogen (secondary N) is 1. The Kier molecular flexibility index (Phi) is 4.38. The van der Waals surface area contributed by atoms with Gasteiger partial charge in [0.2, 0.25) is 5.91 Å². The first kappa shape index (κ1) is 16.5. The van der Waals surface area contributed by atoms with Gasteiger partial charge in [0.25, 0.3) is 5.91 Å². The Morgan fingerprint density at radius 3 is 2.80 bits per heavy atom. The molecule has 0 bridgehead atoms. The van der Waals surface area contributed by atoms with Gasteiger partial charge in [-0.25, -0.2) is 4.79 Å². The Bertz CT molecular complexity index is 862. The first-order chi connectivity index (χ1) is 11.9. The van der Waals surface area contributed by atoms with Crippen molar-refractivity contribution >= 4 is 29.2 Å². The number of aromatic carboxylic acids is 1. The molecular weight excluding hydrogens is 324 g/mol. The average Bonchev–Trinajstić information content (AvgIpc) is 2.57. The first-order valence-corrected chi connectivity index (χ1v) is 7.61. The van der Waals surface area contributed by atoms with Gasteiger partial charge < -0.3 is 15.2 Å². The van der Waals surface area contributed by atoms with Crippen LogP contribution in [0.1, 0.15) is 15.9 Å². The van der Waals surface area contributed by atoms with Gasteiger partial charge in [0.05, 0.1) is 11.3 Å². The van der Waals surface area contributed by atoms with E-state index in [1.54, 1.807) is 12.1 Å². The molecule has 0 radical (unpaired) electrons. The van der Waals surface area contributed by atoms with Gasteiger partial charge in [0, 0.05) is 5.69 Å². The number of carboxylic acids is 1. The second kappa shape index (κ2) is 6.64. The fourth-order valence-electron chi connectivity index (χ4n) is 2.56. The maximum absolute atomic E-state index is 12.3. The molecule has 0 atom stereocenters. The Morgan fingerprint density at radius 2 is 2.04 bits per heavy atom. The van der Waals surface area contributed by atoms with Crippen molar-refractivity contribution in [2.24, 2.45) is 0 Å². The van der Waals surface area contributed by atoms with Crippen LogP contribution in [-0.2, 0) is 9.59 Å². The van der Waals surface area contributed by atoms with Crippen LogP contribution in [0.2, 0.25) is 0 Å². The van der Waals surface area contributed by atoms with Crippen molar-refractivity contribution in [3.05, 3.63) is 53.6 Å². The molecule has 3 rings (SSSR count). The van der Waals surface area contributed by atoms with Gasteiger partial charge in [-0.3, -0.25) is 14.5 Å². The lowest BCUT2D eigenvalue weighted by Crippen LogP contribution is -2.43. The third kappa shape index (κ3) is 3.60. The topological polar surface area (TPSA) is 95.9 Å². The van der Waals surface area contributed by atoms with Crippen molar-refractivity contribution in [2.75, 3.05) is 23.4 Å². The van der Waals surface area contributed by atoms with Crippen molar-refractivity contribution in [1.82, 2.24) is 0 Å². The second-order valence-corrected chi connectivity index (χ2v) is 5.67. The number of amides is 2. The van der Waals surface area contributed by atoms with Crippen LogP contribution in [0.3, 0.4) is 0 Å².